The van der Waals surface area contributed by atoms with Crippen LogP contribution in [0.15, 0.2) is 69.7 Å². The summed E-state index contributed by atoms with van der Waals surface area (Å²) in [4.78, 5) is -0.184. The normalized spacial score (nSPS) is 11.6. The van der Waals surface area contributed by atoms with E-state index in [-0.39, 0.29) is 45.9 Å². The van der Waals surface area contributed by atoms with E-state index in [2.05, 4.69) is 10.2 Å². The van der Waals surface area contributed by atoms with Gasteiger partial charge in [0.2, 0.25) is 0 Å². The summed E-state index contributed by atoms with van der Waals surface area (Å²) in [6, 6.07) is 14.6. The van der Waals surface area contributed by atoms with Gasteiger partial charge in [0.25, 0.3) is 10.1 Å². The molecule has 3 aromatic carbocycles. The maximum atomic E-state index is 12.0. The van der Waals surface area contributed by atoms with Crippen LogP contribution in [-0.2, 0) is 10.1 Å². The zero-order chi connectivity index (χ0) is 17.3. The summed E-state index contributed by atoms with van der Waals surface area (Å²) >= 11 is 0. The first-order valence-corrected chi connectivity index (χ1v) is 8.49. The van der Waals surface area contributed by atoms with Crippen molar-refractivity contribution in [3.63, 3.8) is 0 Å². The number of hydrogen-bond donors (Lipinski definition) is 1. The molecule has 0 spiro atoms. The fourth-order valence-electron chi connectivity index (χ4n) is 2.43. The van der Waals surface area contributed by atoms with E-state index in [0.29, 0.717) is 16.6 Å². The molecular weight excluding hydrogens is 351 g/mol. The average Bonchev–Trinajstić information content (AvgIpc) is 2.53. The number of nitrogens with zero attached hydrogens (tertiary/aromatic N) is 2. The van der Waals surface area contributed by atoms with Crippen molar-refractivity contribution >= 4 is 32.3 Å². The molecule has 0 radical (unpaired) electrons. The Morgan fingerprint density at radius 3 is 2.40 bits per heavy atom. The Balaban J connectivity index is 0.00000225. The molecule has 0 atom stereocenters. The molecule has 6 nitrogen and oxygen atoms in total. The van der Waals surface area contributed by atoms with E-state index in [0.717, 1.165) is 5.39 Å². The fourth-order valence-corrected chi connectivity index (χ4v) is 3.14. The molecule has 0 saturated heterocycles. The average molecular weight is 364 g/mol. The van der Waals surface area contributed by atoms with E-state index in [4.69, 9.17) is 4.55 Å². The van der Waals surface area contributed by atoms with Crippen molar-refractivity contribution in [2.45, 2.75) is 11.8 Å². The van der Waals surface area contributed by atoms with Crippen LogP contribution in [0.1, 0.15) is 5.56 Å². The van der Waals surface area contributed by atoms with Crippen molar-refractivity contribution in [2.24, 2.45) is 10.2 Å². The number of azo groups is 1. The van der Waals surface area contributed by atoms with Gasteiger partial charge in [0.15, 0.2) is 0 Å². The Morgan fingerprint density at radius 2 is 1.72 bits per heavy atom. The van der Waals surface area contributed by atoms with Gasteiger partial charge in [0, 0.05) is 5.39 Å². The predicted octanol–water partition coefficient (Wildman–Crippen LogP) is 0.888. The topological polar surface area (TPSA) is 102 Å². The van der Waals surface area contributed by atoms with E-state index in [1.807, 2.05) is 18.2 Å². The van der Waals surface area contributed by atoms with Crippen LogP contribution in [0.5, 0.6) is 5.75 Å². The summed E-state index contributed by atoms with van der Waals surface area (Å²) < 4.78 is 31.5. The number of rotatable bonds is 3. The van der Waals surface area contributed by atoms with Crippen molar-refractivity contribution in [3.05, 3.63) is 60.2 Å². The van der Waals surface area contributed by atoms with E-state index >= 15 is 0 Å². The second-order valence-corrected chi connectivity index (χ2v) is 6.65. The maximum Gasteiger partial charge on any atom is 1.00 e. The van der Waals surface area contributed by atoms with Gasteiger partial charge in [-0.1, -0.05) is 42.1 Å². The third-order valence-electron chi connectivity index (χ3n) is 3.57. The third-order valence-corrected chi connectivity index (χ3v) is 4.58. The summed E-state index contributed by atoms with van der Waals surface area (Å²) in [6.45, 7) is 1.54. The number of aryl methyl sites for hydroxylation is 1. The monoisotopic (exact) mass is 364 g/mol. The molecule has 0 aliphatic heterocycles. The molecular formula is C17H13N2NaO4S. The van der Waals surface area contributed by atoms with Gasteiger partial charge in [0.1, 0.15) is 0 Å². The van der Waals surface area contributed by atoms with Crippen LogP contribution in [0.2, 0.25) is 0 Å². The molecule has 0 amide bonds. The second kappa shape index (κ2) is 7.63. The Hall–Kier alpha value is -1.77. The van der Waals surface area contributed by atoms with Gasteiger partial charge < -0.3 is 5.11 Å². The van der Waals surface area contributed by atoms with Gasteiger partial charge >= 0.3 is 29.6 Å². The molecule has 1 N–H and O–H groups in total. The first-order valence-electron chi connectivity index (χ1n) is 7.05. The zero-order valence-corrected chi connectivity index (χ0v) is 16.5. The first-order chi connectivity index (χ1) is 11.4. The Kier molecular flexibility index (Phi) is 5.97. The molecule has 8 heteroatoms. The van der Waals surface area contributed by atoms with Gasteiger partial charge in [-0.05, 0) is 36.1 Å². The van der Waals surface area contributed by atoms with E-state index in [1.165, 1.54) is 24.3 Å². The molecule has 0 saturated carbocycles. The molecule has 0 bridgehead atoms. The number of fused-ring (bicyclic) bond motifs is 1. The quantitative estimate of drug-likeness (QED) is 0.423. The van der Waals surface area contributed by atoms with Crippen LogP contribution < -0.4 is 34.7 Å². The Bertz CT molecular complexity index is 1070. The largest absolute Gasteiger partial charge is 1.00 e. The zero-order valence-electron chi connectivity index (χ0n) is 13.7. The van der Waals surface area contributed by atoms with Crippen LogP contribution in [0.25, 0.3) is 10.8 Å². The van der Waals surface area contributed by atoms with Gasteiger partial charge in [-0.15, -0.1) is 0 Å². The standard InChI is InChI=1S/C17H14N2O4S.Na/c1-11-10-13(7-9-16(11)24(21,22)23)18-19-17-14-5-3-2-4-12(14)6-8-15(17)20;/h2-10,20H,1H3,(H,21,22,23);/q;+1/p-1. The van der Waals surface area contributed by atoms with Gasteiger partial charge in [-0.3, -0.25) is 4.55 Å². The van der Waals surface area contributed by atoms with E-state index in [9.17, 15) is 13.5 Å². The Morgan fingerprint density at radius 1 is 1.00 bits per heavy atom. The number of benzene rings is 3. The molecule has 0 unspecified atom stereocenters. The second-order valence-electron chi connectivity index (χ2n) is 5.26. The van der Waals surface area contributed by atoms with Crippen LogP contribution in [0.3, 0.4) is 0 Å². The maximum absolute atomic E-state index is 12.0. The van der Waals surface area contributed by atoms with Crippen LogP contribution in [0.4, 0.5) is 11.4 Å². The number of hydrogen-bond acceptors (Lipinski definition) is 5. The smallest absolute Gasteiger partial charge is 0.871 e. The van der Waals surface area contributed by atoms with Crippen molar-refractivity contribution in [1.29, 1.82) is 0 Å². The minimum absolute atomic E-state index is 0. The minimum Gasteiger partial charge on any atom is -0.871 e. The summed E-state index contributed by atoms with van der Waals surface area (Å²) in [6.07, 6.45) is 0. The molecule has 0 fully saturated rings. The van der Waals surface area contributed by atoms with Crippen LogP contribution in [-0.4, -0.2) is 13.0 Å². The molecule has 3 aromatic rings. The SMILES string of the molecule is Cc1cc(N=Nc2c([O-])ccc3ccccc23)ccc1S(=O)(=O)O.[Na+]. The summed E-state index contributed by atoms with van der Waals surface area (Å²) in [5.41, 5.74) is 0.950. The summed E-state index contributed by atoms with van der Waals surface area (Å²) in [5.74, 6) is -0.247. The molecule has 0 aliphatic carbocycles. The predicted molar refractivity (Wildman–Crippen MR) is 88.6 cm³/mol. The van der Waals surface area contributed by atoms with Crippen LogP contribution >= 0.6 is 0 Å². The van der Waals surface area contributed by atoms with Crippen molar-refractivity contribution < 1.29 is 47.6 Å². The molecule has 0 heterocycles. The molecule has 3 rings (SSSR count). The van der Waals surface area contributed by atoms with Crippen molar-refractivity contribution in [3.8, 4) is 5.75 Å². The summed E-state index contributed by atoms with van der Waals surface area (Å²) in [5, 5.41) is 21.7. The van der Waals surface area contributed by atoms with Crippen LogP contribution in [0, 0.1) is 6.92 Å². The van der Waals surface area contributed by atoms with Gasteiger partial charge in [0.05, 0.1) is 16.3 Å². The Labute approximate surface area is 167 Å². The molecule has 0 aromatic heterocycles. The fraction of sp³-hybridized carbons (Fsp3) is 0.0588. The third kappa shape index (κ3) is 4.26. The molecule has 122 valence electrons. The van der Waals surface area contributed by atoms with E-state index < -0.39 is 10.1 Å². The molecule has 0 aliphatic rings. The van der Waals surface area contributed by atoms with Gasteiger partial charge in [-0.25, -0.2) is 0 Å². The molecule has 25 heavy (non-hydrogen) atoms. The first kappa shape index (κ1) is 19.6. The van der Waals surface area contributed by atoms with Crippen molar-refractivity contribution in [2.75, 3.05) is 0 Å². The summed E-state index contributed by atoms with van der Waals surface area (Å²) in [7, 11) is -4.28. The van der Waals surface area contributed by atoms with Gasteiger partial charge in [-0.2, -0.15) is 18.6 Å². The van der Waals surface area contributed by atoms with E-state index in [1.54, 1.807) is 19.1 Å². The minimum atomic E-state index is -4.28. The van der Waals surface area contributed by atoms with Crippen molar-refractivity contribution in [1.82, 2.24) is 0 Å².